The lowest BCUT2D eigenvalue weighted by atomic mass is 10.0. The van der Waals surface area contributed by atoms with Crippen molar-refractivity contribution in [3.05, 3.63) is 35.4 Å². The number of carbonyl (C=O) groups is 1. The van der Waals surface area contributed by atoms with E-state index in [0.29, 0.717) is 6.04 Å². The van der Waals surface area contributed by atoms with Crippen molar-refractivity contribution in [2.45, 2.75) is 50.4 Å². The molecule has 4 rings (SSSR count). The van der Waals surface area contributed by atoms with Gasteiger partial charge in [-0.1, -0.05) is 24.3 Å². The number of hydrogen-bond donors (Lipinski definition) is 2. The van der Waals surface area contributed by atoms with E-state index in [1.165, 1.54) is 24.1 Å². The Morgan fingerprint density at radius 3 is 2.67 bits per heavy atom. The first-order valence-corrected chi connectivity index (χ1v) is 8.00. The maximum atomic E-state index is 11.3. The van der Waals surface area contributed by atoms with Gasteiger partial charge in [0.25, 0.3) is 0 Å². The molecule has 4 heteroatoms. The van der Waals surface area contributed by atoms with Gasteiger partial charge in [0.1, 0.15) is 0 Å². The van der Waals surface area contributed by atoms with Crippen LogP contribution in [0.15, 0.2) is 24.3 Å². The van der Waals surface area contributed by atoms with Gasteiger partial charge in [0.2, 0.25) is 5.91 Å². The Balaban J connectivity index is 1.43. The first-order chi connectivity index (χ1) is 10.1. The molecule has 2 atom stereocenters. The van der Waals surface area contributed by atoms with Crippen molar-refractivity contribution in [2.75, 3.05) is 13.1 Å². The lowest BCUT2D eigenvalue weighted by molar-refractivity contribution is -0.120. The van der Waals surface area contributed by atoms with Gasteiger partial charge in [-0.25, -0.2) is 0 Å². The molecule has 3 aliphatic rings. The minimum atomic E-state index is -0.0685. The summed E-state index contributed by atoms with van der Waals surface area (Å²) in [5, 5.41) is 6.65. The van der Waals surface area contributed by atoms with Crippen LogP contribution in [0, 0.1) is 0 Å². The van der Waals surface area contributed by atoms with Crippen molar-refractivity contribution in [1.82, 2.24) is 15.5 Å². The lowest BCUT2D eigenvalue weighted by Crippen LogP contribution is -2.42. The van der Waals surface area contributed by atoms with Crippen LogP contribution >= 0.6 is 0 Å². The van der Waals surface area contributed by atoms with E-state index in [1.807, 2.05) is 0 Å². The van der Waals surface area contributed by atoms with Gasteiger partial charge in [-0.2, -0.15) is 0 Å². The molecule has 0 aromatic heterocycles. The van der Waals surface area contributed by atoms with Crippen LogP contribution in [0.25, 0.3) is 0 Å². The van der Waals surface area contributed by atoms with Crippen LogP contribution in [-0.4, -0.2) is 36.0 Å². The van der Waals surface area contributed by atoms with E-state index in [2.05, 4.69) is 39.8 Å². The summed E-state index contributed by atoms with van der Waals surface area (Å²) in [5.41, 5.74) is 2.57. The van der Waals surface area contributed by atoms with Crippen LogP contribution in [0.4, 0.5) is 0 Å². The minimum Gasteiger partial charge on any atom is -0.347 e. The van der Waals surface area contributed by atoms with Crippen molar-refractivity contribution < 1.29 is 4.79 Å². The van der Waals surface area contributed by atoms with Crippen LogP contribution in [0.1, 0.15) is 37.3 Å². The normalized spacial score (nSPS) is 29.6. The summed E-state index contributed by atoms with van der Waals surface area (Å²) in [7, 11) is 0. The maximum Gasteiger partial charge on any atom is 0.217 e. The van der Waals surface area contributed by atoms with E-state index in [4.69, 9.17) is 0 Å². The number of likely N-dealkylation sites (tertiary alicyclic amines) is 1. The second-order valence-electron chi connectivity index (χ2n) is 6.88. The lowest BCUT2D eigenvalue weighted by Gasteiger charge is -2.27. The zero-order valence-electron chi connectivity index (χ0n) is 12.6. The molecule has 2 saturated heterocycles. The fraction of sp³-hybridized carbons (Fsp3) is 0.588. The molecule has 2 bridgehead atoms. The molecule has 0 unspecified atom stereocenters. The van der Waals surface area contributed by atoms with Crippen molar-refractivity contribution in [2.24, 2.45) is 0 Å². The summed E-state index contributed by atoms with van der Waals surface area (Å²) in [6.07, 6.45) is 3.44. The van der Waals surface area contributed by atoms with E-state index in [-0.39, 0.29) is 11.4 Å². The molecule has 112 valence electrons. The molecule has 1 aromatic carbocycles. The highest BCUT2D eigenvalue weighted by Gasteiger charge is 2.45. The van der Waals surface area contributed by atoms with Crippen LogP contribution in [-0.2, 0) is 16.9 Å². The number of fused-ring (bicyclic) bond motifs is 2. The van der Waals surface area contributed by atoms with E-state index in [9.17, 15) is 4.79 Å². The highest BCUT2D eigenvalue weighted by molar-refractivity contribution is 5.74. The summed E-state index contributed by atoms with van der Waals surface area (Å²) in [5.74, 6) is 0.0668. The highest BCUT2D eigenvalue weighted by atomic mass is 16.1. The molecule has 1 aromatic rings. The Hall–Kier alpha value is -1.39. The first-order valence-electron chi connectivity index (χ1n) is 8.00. The predicted octanol–water partition coefficient (Wildman–Crippen LogP) is 1.36. The van der Waals surface area contributed by atoms with Gasteiger partial charge in [-0.15, -0.1) is 0 Å². The smallest absolute Gasteiger partial charge is 0.217 e. The van der Waals surface area contributed by atoms with Gasteiger partial charge in [0, 0.05) is 38.6 Å². The Morgan fingerprint density at radius 2 is 2.14 bits per heavy atom. The van der Waals surface area contributed by atoms with Crippen LogP contribution in [0.3, 0.4) is 0 Å². The number of benzene rings is 1. The third kappa shape index (κ3) is 2.47. The summed E-state index contributed by atoms with van der Waals surface area (Å²) in [6.45, 7) is 4.98. The van der Waals surface area contributed by atoms with Crippen molar-refractivity contribution in [3.63, 3.8) is 0 Å². The zero-order valence-corrected chi connectivity index (χ0v) is 12.6. The Labute approximate surface area is 125 Å². The molecule has 0 spiro atoms. The van der Waals surface area contributed by atoms with Crippen LogP contribution < -0.4 is 10.6 Å². The fourth-order valence-corrected chi connectivity index (χ4v) is 3.95. The van der Waals surface area contributed by atoms with Gasteiger partial charge in [0.05, 0.1) is 5.54 Å². The quantitative estimate of drug-likeness (QED) is 0.878. The van der Waals surface area contributed by atoms with E-state index < -0.39 is 0 Å². The predicted molar refractivity (Wildman–Crippen MR) is 81.8 cm³/mol. The standard InChI is InChI=1S/C17H23N3O/c1-12(21)19-17(6-7-17)14-4-2-13(3-5-14)10-20-11-15-8-16(20)9-18-15/h2-5,15-16,18H,6-11H2,1H3,(H,19,21)/t15-,16-/m0/s1. The Bertz CT molecular complexity index is 550. The summed E-state index contributed by atoms with van der Waals surface area (Å²) < 4.78 is 0. The van der Waals surface area contributed by atoms with Crippen molar-refractivity contribution >= 4 is 5.91 Å². The Kier molecular flexibility index (Phi) is 3.05. The van der Waals surface area contributed by atoms with E-state index in [0.717, 1.165) is 32.0 Å². The van der Waals surface area contributed by atoms with Crippen molar-refractivity contribution in [3.8, 4) is 0 Å². The number of carbonyl (C=O) groups excluding carboxylic acids is 1. The number of rotatable bonds is 4. The SMILES string of the molecule is CC(=O)NC1(c2ccc(CN3C[C@@H]4C[C@H]3CN4)cc2)CC1. The third-order valence-corrected chi connectivity index (χ3v) is 5.23. The fourth-order valence-electron chi connectivity index (χ4n) is 3.95. The molecular weight excluding hydrogens is 262 g/mol. The molecule has 1 aliphatic carbocycles. The average molecular weight is 285 g/mol. The monoisotopic (exact) mass is 285 g/mol. The minimum absolute atomic E-state index is 0.0668. The molecule has 4 nitrogen and oxygen atoms in total. The maximum absolute atomic E-state index is 11.3. The Morgan fingerprint density at radius 1 is 1.38 bits per heavy atom. The average Bonchev–Trinajstić information content (AvgIpc) is 2.94. The number of nitrogens with zero attached hydrogens (tertiary/aromatic N) is 1. The molecule has 21 heavy (non-hydrogen) atoms. The summed E-state index contributed by atoms with van der Waals surface area (Å²) >= 11 is 0. The molecule has 1 amide bonds. The number of piperazine rings is 1. The highest BCUT2D eigenvalue weighted by Crippen LogP contribution is 2.45. The molecular formula is C17H23N3O. The summed E-state index contributed by atoms with van der Waals surface area (Å²) in [4.78, 5) is 13.9. The van der Waals surface area contributed by atoms with E-state index in [1.54, 1.807) is 6.92 Å². The van der Waals surface area contributed by atoms with Crippen molar-refractivity contribution in [1.29, 1.82) is 0 Å². The number of hydrogen-bond acceptors (Lipinski definition) is 3. The largest absolute Gasteiger partial charge is 0.347 e. The van der Waals surface area contributed by atoms with Gasteiger partial charge >= 0.3 is 0 Å². The molecule has 2 heterocycles. The second-order valence-corrected chi connectivity index (χ2v) is 6.88. The molecule has 3 fully saturated rings. The van der Waals surface area contributed by atoms with Gasteiger partial charge in [0.15, 0.2) is 0 Å². The van der Waals surface area contributed by atoms with Gasteiger partial charge in [-0.05, 0) is 30.4 Å². The number of amides is 1. The molecule has 2 N–H and O–H groups in total. The topological polar surface area (TPSA) is 44.4 Å². The zero-order chi connectivity index (χ0) is 14.4. The summed E-state index contributed by atoms with van der Waals surface area (Å²) in [6, 6.07) is 10.3. The first kappa shape index (κ1) is 13.3. The molecule has 0 radical (unpaired) electrons. The molecule has 2 aliphatic heterocycles. The number of nitrogens with one attached hydrogen (secondary N) is 2. The third-order valence-electron chi connectivity index (χ3n) is 5.23. The molecule has 1 saturated carbocycles. The van der Waals surface area contributed by atoms with E-state index >= 15 is 0 Å². The van der Waals surface area contributed by atoms with Gasteiger partial charge < -0.3 is 10.6 Å². The second kappa shape index (κ2) is 4.82. The van der Waals surface area contributed by atoms with Crippen LogP contribution in [0.2, 0.25) is 0 Å². The van der Waals surface area contributed by atoms with Gasteiger partial charge in [-0.3, -0.25) is 9.69 Å². The van der Waals surface area contributed by atoms with Crippen LogP contribution in [0.5, 0.6) is 0 Å².